The summed E-state index contributed by atoms with van der Waals surface area (Å²) in [7, 11) is 1.30. The first-order valence-corrected chi connectivity index (χ1v) is 29.9. The largest absolute Gasteiger partial charge is 0.547 e. The van der Waals surface area contributed by atoms with Gasteiger partial charge >= 0.3 is 11.9 Å². The lowest BCUT2D eigenvalue weighted by Gasteiger charge is -2.61. The van der Waals surface area contributed by atoms with Crippen LogP contribution in [0.15, 0.2) is 23.5 Å². The molecule has 0 amide bonds. The van der Waals surface area contributed by atoms with E-state index < -0.39 is 8.32 Å². The van der Waals surface area contributed by atoms with Crippen molar-refractivity contribution in [3.05, 3.63) is 23.5 Å². The molecule has 0 aromatic rings. The third-order valence-electron chi connectivity index (χ3n) is 21.2. The van der Waals surface area contributed by atoms with Gasteiger partial charge in [0.05, 0.1) is 26.1 Å². The fourth-order valence-electron chi connectivity index (χ4n) is 17.8. The number of allylic oxidation sites excluding steroid dienone is 4. The highest BCUT2D eigenvalue weighted by Crippen LogP contribution is 2.70. The Bertz CT molecular complexity index is 1780. The summed E-state index contributed by atoms with van der Waals surface area (Å²) in [6, 6.07) is 0. The molecule has 18 atom stereocenters. The number of aliphatic hydroxyl groups is 1. The number of fused-ring (bicyclic) bond motifs is 10. The molecule has 0 aromatic heterocycles. The SMILES string of the molecule is C/C=C1/C(=O)[C@@H]2[C@H](CC[C@]3(C)[C@@H]([C@H](C)CCC(=O)OC)CC[C@@H]23)[C@@]2(C)CC[C@@H](O)C[C@@H]12.COC(=O)CC[C@@H](C)[C@H]1CC[C@H]2[C@@H]3C(O[Si](C)(C)C)=C[C@@H]4C[C@H](C)CC[C@]4(C)[C@H]3CC[C@]12C. The normalized spacial score (nSPS) is 45.1. The predicted molar refractivity (Wildman–Crippen MR) is 259 cm³/mol. The zero-order chi connectivity index (χ0) is 46.7. The minimum Gasteiger partial charge on any atom is -0.547 e. The van der Waals surface area contributed by atoms with E-state index in [0.29, 0.717) is 76.8 Å². The van der Waals surface area contributed by atoms with Gasteiger partial charge in [-0.2, -0.15) is 0 Å². The zero-order valence-corrected chi connectivity index (χ0v) is 43.9. The molecule has 8 rings (SSSR count). The maximum atomic E-state index is 13.9. The van der Waals surface area contributed by atoms with E-state index in [-0.39, 0.29) is 40.7 Å². The number of hydrogen-bond acceptors (Lipinski definition) is 7. The van der Waals surface area contributed by atoms with Crippen molar-refractivity contribution < 1.29 is 33.4 Å². The lowest BCUT2D eigenvalue weighted by molar-refractivity contribution is -0.150. The number of aliphatic hydroxyl groups excluding tert-OH is 1. The van der Waals surface area contributed by atoms with E-state index in [1.54, 1.807) is 0 Å². The number of esters is 2. The molecule has 0 aromatic carbocycles. The molecular formula is C56H92O7Si. The number of ketones is 1. The predicted octanol–water partition coefficient (Wildman–Crippen LogP) is 13.2. The van der Waals surface area contributed by atoms with E-state index in [1.807, 2.05) is 6.92 Å². The fraction of sp³-hybridized carbons (Fsp3) is 0.875. The van der Waals surface area contributed by atoms with Gasteiger partial charge in [-0.1, -0.05) is 61.0 Å². The number of Topliss-reactive ketones (excluding diaryl/α,β-unsaturated/α-hetero) is 1. The molecule has 0 radical (unpaired) electrons. The van der Waals surface area contributed by atoms with Gasteiger partial charge < -0.3 is 19.0 Å². The maximum absolute atomic E-state index is 13.9. The Morgan fingerprint density at radius 3 is 1.72 bits per heavy atom. The van der Waals surface area contributed by atoms with Crippen molar-refractivity contribution >= 4 is 26.0 Å². The Morgan fingerprint density at radius 2 is 1.20 bits per heavy atom. The molecule has 8 aliphatic rings. The Balaban J connectivity index is 0.000000192. The van der Waals surface area contributed by atoms with Crippen LogP contribution in [0.1, 0.15) is 171 Å². The number of methoxy groups -OCH3 is 2. The molecule has 362 valence electrons. The van der Waals surface area contributed by atoms with Crippen LogP contribution in [-0.4, -0.2) is 51.5 Å². The second-order valence-electron chi connectivity index (χ2n) is 25.5. The summed E-state index contributed by atoms with van der Waals surface area (Å²) >= 11 is 0. The van der Waals surface area contributed by atoms with Crippen molar-refractivity contribution in [2.75, 3.05) is 14.2 Å². The highest BCUT2D eigenvalue weighted by atomic mass is 28.4. The Morgan fingerprint density at radius 1 is 0.719 bits per heavy atom. The summed E-state index contributed by atoms with van der Waals surface area (Å²) in [6.45, 7) is 26.3. The van der Waals surface area contributed by atoms with Crippen LogP contribution in [0.2, 0.25) is 19.6 Å². The van der Waals surface area contributed by atoms with Gasteiger partial charge in [0.25, 0.3) is 0 Å². The third kappa shape index (κ3) is 8.94. The monoisotopic (exact) mass is 905 g/mol. The molecular weight excluding hydrogens is 813 g/mol. The average molecular weight is 905 g/mol. The van der Waals surface area contributed by atoms with E-state index >= 15 is 0 Å². The summed E-state index contributed by atoms with van der Waals surface area (Å²) in [5.41, 5.74) is 2.13. The number of ether oxygens (including phenoxy) is 2. The van der Waals surface area contributed by atoms with Gasteiger partial charge in [-0.15, -0.1) is 0 Å². The molecule has 0 spiro atoms. The van der Waals surface area contributed by atoms with Crippen LogP contribution < -0.4 is 0 Å². The summed E-state index contributed by atoms with van der Waals surface area (Å²) in [4.78, 5) is 37.4. The number of rotatable bonds is 10. The minimum absolute atomic E-state index is 0.0585. The number of carbonyl (C=O) groups excluding carboxylic acids is 3. The van der Waals surface area contributed by atoms with E-state index in [4.69, 9.17) is 13.9 Å². The summed E-state index contributed by atoms with van der Waals surface area (Å²) in [6.07, 6.45) is 24.1. The van der Waals surface area contributed by atoms with Crippen LogP contribution in [0.4, 0.5) is 0 Å². The first-order chi connectivity index (χ1) is 30.1. The molecule has 7 nitrogen and oxygen atoms in total. The topological polar surface area (TPSA) is 99.1 Å². The average Bonchev–Trinajstić information content (AvgIpc) is 3.79. The molecule has 0 saturated heterocycles. The molecule has 0 heterocycles. The van der Waals surface area contributed by atoms with E-state index in [0.717, 1.165) is 68.3 Å². The quantitative estimate of drug-likeness (QED) is 0.132. The van der Waals surface area contributed by atoms with Crippen molar-refractivity contribution in [3.8, 4) is 0 Å². The molecule has 64 heavy (non-hydrogen) atoms. The van der Waals surface area contributed by atoms with Crippen LogP contribution in [0, 0.1) is 98.6 Å². The standard InChI is InChI=1S/C29H50O3Si.C27H42O4/c1-19-13-15-28(3)21(17-19)18-25(32-33(6,7)8)27-23-11-10-22(20(2)9-12-26(30)31-5)29(23,4)16-14-24(27)28;1-6-18-22-15-17(28)11-13-27(22,4)21-12-14-26(3)19(16(2)7-10-23(29)31-5)8-9-20(26)24(21)25(18)30/h18-24,27H,9-17H2,1-8H3;6,16-17,19-22,24,28H,7-15H2,1-5H3/b;18-6+/t19-,20-,21+,22-,23+,24+,27+,28+,29-;16-,17-,19-,20+,21+,22+,24+,26-,27-/m11/s1. The lowest BCUT2D eigenvalue weighted by atomic mass is 9.43. The van der Waals surface area contributed by atoms with Gasteiger partial charge in [-0.25, -0.2) is 0 Å². The van der Waals surface area contributed by atoms with Crippen LogP contribution in [-0.2, 0) is 28.3 Å². The van der Waals surface area contributed by atoms with E-state index in [9.17, 15) is 19.5 Å². The highest BCUT2D eigenvalue weighted by Gasteiger charge is 2.65. The summed E-state index contributed by atoms with van der Waals surface area (Å²) in [5, 5.41) is 10.4. The van der Waals surface area contributed by atoms with Gasteiger partial charge in [0.15, 0.2) is 5.78 Å². The van der Waals surface area contributed by atoms with Gasteiger partial charge in [0, 0.05) is 24.7 Å². The van der Waals surface area contributed by atoms with Gasteiger partial charge in [-0.05, 0) is 221 Å². The molecule has 1 N–H and O–H groups in total. The second-order valence-corrected chi connectivity index (χ2v) is 29.9. The summed E-state index contributed by atoms with van der Waals surface area (Å²) in [5.74, 6) is 8.81. The fourth-order valence-corrected chi connectivity index (χ4v) is 18.7. The first-order valence-electron chi connectivity index (χ1n) is 26.5. The Hall–Kier alpha value is -1.93. The molecule has 8 aliphatic carbocycles. The van der Waals surface area contributed by atoms with Gasteiger partial charge in [0.2, 0.25) is 8.32 Å². The first kappa shape index (κ1) is 50.0. The number of carbonyl (C=O) groups is 3. The molecule has 0 bridgehead atoms. The van der Waals surface area contributed by atoms with E-state index in [2.05, 4.69) is 80.3 Å². The van der Waals surface area contributed by atoms with Crippen molar-refractivity contribution in [1.29, 1.82) is 0 Å². The van der Waals surface area contributed by atoms with Crippen LogP contribution >= 0.6 is 0 Å². The summed E-state index contributed by atoms with van der Waals surface area (Å²) < 4.78 is 16.8. The van der Waals surface area contributed by atoms with Crippen LogP contribution in [0.25, 0.3) is 0 Å². The molecule has 0 aliphatic heterocycles. The van der Waals surface area contributed by atoms with E-state index in [1.165, 1.54) is 77.8 Å². The minimum atomic E-state index is -1.68. The maximum Gasteiger partial charge on any atom is 0.305 e. The van der Waals surface area contributed by atoms with Crippen molar-refractivity contribution in [3.63, 3.8) is 0 Å². The van der Waals surface area contributed by atoms with Crippen molar-refractivity contribution in [2.45, 2.75) is 197 Å². The lowest BCUT2D eigenvalue weighted by Crippen LogP contribution is -2.58. The van der Waals surface area contributed by atoms with Gasteiger partial charge in [0.1, 0.15) is 0 Å². The van der Waals surface area contributed by atoms with Crippen LogP contribution in [0.3, 0.4) is 0 Å². The van der Waals surface area contributed by atoms with Crippen molar-refractivity contribution in [1.82, 2.24) is 0 Å². The van der Waals surface area contributed by atoms with Crippen LogP contribution in [0.5, 0.6) is 0 Å². The molecule has 7 fully saturated rings. The highest BCUT2D eigenvalue weighted by molar-refractivity contribution is 6.70. The molecule has 7 saturated carbocycles. The van der Waals surface area contributed by atoms with Gasteiger partial charge in [-0.3, -0.25) is 14.4 Å². The second kappa shape index (κ2) is 18.9. The number of hydrogen-bond donors (Lipinski definition) is 1. The van der Waals surface area contributed by atoms with Crippen molar-refractivity contribution in [2.24, 2.45) is 98.6 Å². The molecule has 8 heteroatoms. The smallest absolute Gasteiger partial charge is 0.305 e. The molecule has 0 unspecified atom stereocenters. The third-order valence-corrected chi connectivity index (χ3v) is 22.1. The Labute approximate surface area is 391 Å². The Kier molecular flexibility index (Phi) is 14.7. The zero-order valence-electron chi connectivity index (χ0n) is 42.9.